The van der Waals surface area contributed by atoms with Crippen LogP contribution in [0.2, 0.25) is 5.02 Å². The molecule has 5 heteroatoms. The van der Waals surface area contributed by atoms with Crippen LogP contribution in [0.5, 0.6) is 11.6 Å². The van der Waals surface area contributed by atoms with Crippen LogP contribution in [0.25, 0.3) is 0 Å². The second-order valence-electron chi connectivity index (χ2n) is 5.24. The molecule has 2 aromatic rings. The molecule has 21 heavy (non-hydrogen) atoms. The van der Waals surface area contributed by atoms with Crippen molar-refractivity contribution < 1.29 is 4.74 Å². The van der Waals surface area contributed by atoms with Gasteiger partial charge in [-0.25, -0.2) is 9.97 Å². The highest BCUT2D eigenvalue weighted by molar-refractivity contribution is 6.32. The molecule has 0 bridgehead atoms. The SMILES string of the molecule is NCc1ccc(Oc2ncnc3c2CCCCC3)c(Cl)c1. The molecule has 0 saturated heterocycles. The molecule has 0 atom stereocenters. The average molecular weight is 304 g/mol. The largest absolute Gasteiger partial charge is 0.437 e. The van der Waals surface area contributed by atoms with Gasteiger partial charge in [0.05, 0.1) is 10.7 Å². The lowest BCUT2D eigenvalue weighted by Crippen LogP contribution is -2.02. The van der Waals surface area contributed by atoms with Crippen LogP contribution in [0.1, 0.15) is 36.1 Å². The van der Waals surface area contributed by atoms with Gasteiger partial charge in [-0.15, -0.1) is 0 Å². The van der Waals surface area contributed by atoms with Crippen molar-refractivity contribution in [3.8, 4) is 11.6 Å². The van der Waals surface area contributed by atoms with Gasteiger partial charge in [0.25, 0.3) is 0 Å². The topological polar surface area (TPSA) is 61.0 Å². The Hall–Kier alpha value is -1.65. The molecule has 4 nitrogen and oxygen atoms in total. The predicted molar refractivity (Wildman–Crippen MR) is 82.7 cm³/mol. The predicted octanol–water partition coefficient (Wildman–Crippen LogP) is 3.65. The van der Waals surface area contributed by atoms with E-state index < -0.39 is 0 Å². The van der Waals surface area contributed by atoms with Crippen molar-refractivity contribution in [2.75, 3.05) is 0 Å². The van der Waals surface area contributed by atoms with E-state index in [1.165, 1.54) is 12.8 Å². The number of hydrogen-bond donors (Lipinski definition) is 1. The first kappa shape index (κ1) is 14.3. The van der Waals surface area contributed by atoms with Gasteiger partial charge in [-0.05, 0) is 43.4 Å². The molecule has 0 unspecified atom stereocenters. The highest BCUT2D eigenvalue weighted by Gasteiger charge is 2.16. The zero-order valence-electron chi connectivity index (χ0n) is 11.8. The van der Waals surface area contributed by atoms with Gasteiger partial charge in [-0.1, -0.05) is 24.1 Å². The van der Waals surface area contributed by atoms with Crippen LogP contribution in [0.3, 0.4) is 0 Å². The van der Waals surface area contributed by atoms with E-state index in [9.17, 15) is 0 Å². The van der Waals surface area contributed by atoms with Gasteiger partial charge >= 0.3 is 0 Å². The first-order valence-corrected chi connectivity index (χ1v) is 7.65. The summed E-state index contributed by atoms with van der Waals surface area (Å²) in [6.07, 6.45) is 7.08. The van der Waals surface area contributed by atoms with Gasteiger partial charge in [-0.2, -0.15) is 0 Å². The van der Waals surface area contributed by atoms with Gasteiger partial charge < -0.3 is 10.5 Å². The monoisotopic (exact) mass is 303 g/mol. The van der Waals surface area contributed by atoms with Crippen LogP contribution in [0, 0.1) is 0 Å². The molecule has 2 N–H and O–H groups in total. The lowest BCUT2D eigenvalue weighted by molar-refractivity contribution is 0.453. The fourth-order valence-electron chi connectivity index (χ4n) is 2.61. The summed E-state index contributed by atoms with van der Waals surface area (Å²) in [6, 6.07) is 5.59. The maximum absolute atomic E-state index is 6.25. The summed E-state index contributed by atoms with van der Waals surface area (Å²) in [5.41, 5.74) is 8.81. The standard InChI is InChI=1S/C16H18ClN3O/c17-13-8-11(9-18)6-7-15(13)21-16-12-4-2-1-3-5-14(12)19-10-20-16/h6-8,10H,1-5,9,18H2. The summed E-state index contributed by atoms with van der Waals surface area (Å²) < 4.78 is 5.94. The molecule has 1 heterocycles. The van der Waals surface area contributed by atoms with E-state index in [1.54, 1.807) is 6.33 Å². The van der Waals surface area contributed by atoms with Gasteiger partial charge in [0.15, 0.2) is 0 Å². The summed E-state index contributed by atoms with van der Waals surface area (Å²) in [5.74, 6) is 1.24. The number of nitrogens with zero attached hydrogens (tertiary/aromatic N) is 2. The van der Waals surface area contributed by atoms with E-state index in [4.69, 9.17) is 22.1 Å². The molecule has 0 spiro atoms. The Kier molecular flexibility index (Phi) is 4.36. The maximum atomic E-state index is 6.25. The number of benzene rings is 1. The molecular weight excluding hydrogens is 286 g/mol. The lowest BCUT2D eigenvalue weighted by Gasteiger charge is -2.12. The number of hydrogen-bond acceptors (Lipinski definition) is 4. The minimum Gasteiger partial charge on any atom is -0.437 e. The van der Waals surface area contributed by atoms with Gasteiger partial charge in [0.1, 0.15) is 12.1 Å². The molecule has 1 aliphatic carbocycles. The minimum atomic E-state index is 0.461. The lowest BCUT2D eigenvalue weighted by atomic mass is 10.1. The number of aryl methyl sites for hydroxylation is 1. The number of rotatable bonds is 3. The molecule has 0 saturated carbocycles. The summed E-state index contributed by atoms with van der Waals surface area (Å²) in [7, 11) is 0. The van der Waals surface area contributed by atoms with Gasteiger partial charge in [0.2, 0.25) is 5.88 Å². The Balaban J connectivity index is 1.91. The molecular formula is C16H18ClN3O. The molecule has 0 aliphatic heterocycles. The first-order valence-electron chi connectivity index (χ1n) is 7.27. The third kappa shape index (κ3) is 3.17. The van der Waals surface area contributed by atoms with Crippen LogP contribution in [0.15, 0.2) is 24.5 Å². The van der Waals surface area contributed by atoms with Gasteiger partial charge in [0, 0.05) is 12.1 Å². The Morgan fingerprint density at radius 1 is 1.14 bits per heavy atom. The molecule has 1 aromatic heterocycles. The zero-order chi connectivity index (χ0) is 14.7. The highest BCUT2D eigenvalue weighted by atomic mass is 35.5. The van der Waals surface area contributed by atoms with Crippen molar-refractivity contribution in [3.05, 3.63) is 46.4 Å². The van der Waals surface area contributed by atoms with Crippen molar-refractivity contribution in [3.63, 3.8) is 0 Å². The van der Waals surface area contributed by atoms with Crippen LogP contribution in [-0.4, -0.2) is 9.97 Å². The number of halogens is 1. The normalized spacial score (nSPS) is 14.4. The van der Waals surface area contributed by atoms with E-state index in [0.717, 1.165) is 36.1 Å². The minimum absolute atomic E-state index is 0.461. The molecule has 1 aliphatic rings. The quantitative estimate of drug-likeness (QED) is 0.879. The summed E-state index contributed by atoms with van der Waals surface area (Å²) in [5, 5.41) is 0.555. The van der Waals surface area contributed by atoms with Crippen LogP contribution in [0.4, 0.5) is 0 Å². The molecule has 1 aromatic carbocycles. The smallest absolute Gasteiger partial charge is 0.225 e. The van der Waals surface area contributed by atoms with E-state index >= 15 is 0 Å². The van der Waals surface area contributed by atoms with Gasteiger partial charge in [-0.3, -0.25) is 0 Å². The maximum Gasteiger partial charge on any atom is 0.225 e. The number of fused-ring (bicyclic) bond motifs is 1. The third-order valence-electron chi connectivity index (χ3n) is 3.77. The molecule has 0 radical (unpaired) electrons. The number of nitrogens with two attached hydrogens (primary N) is 1. The van der Waals surface area contributed by atoms with Crippen molar-refractivity contribution in [2.24, 2.45) is 5.73 Å². The molecule has 0 fully saturated rings. The fourth-order valence-corrected chi connectivity index (χ4v) is 2.86. The molecule has 0 amide bonds. The average Bonchev–Trinajstić information content (AvgIpc) is 2.75. The van der Waals surface area contributed by atoms with E-state index in [1.807, 2.05) is 18.2 Å². The van der Waals surface area contributed by atoms with Crippen molar-refractivity contribution >= 4 is 11.6 Å². The summed E-state index contributed by atoms with van der Waals surface area (Å²) in [6.45, 7) is 0.461. The van der Waals surface area contributed by atoms with Crippen molar-refractivity contribution in [1.29, 1.82) is 0 Å². The van der Waals surface area contributed by atoms with E-state index in [0.29, 0.717) is 23.2 Å². The Morgan fingerprint density at radius 2 is 2.00 bits per heavy atom. The van der Waals surface area contributed by atoms with Crippen LogP contribution in [-0.2, 0) is 19.4 Å². The summed E-state index contributed by atoms with van der Waals surface area (Å²) in [4.78, 5) is 8.69. The Bertz CT molecular complexity index is 645. The van der Waals surface area contributed by atoms with Crippen molar-refractivity contribution in [1.82, 2.24) is 9.97 Å². The second-order valence-corrected chi connectivity index (χ2v) is 5.64. The highest BCUT2D eigenvalue weighted by Crippen LogP contribution is 2.33. The second kappa shape index (κ2) is 6.41. The van der Waals surface area contributed by atoms with Crippen molar-refractivity contribution in [2.45, 2.75) is 38.6 Å². The van der Waals surface area contributed by atoms with E-state index in [-0.39, 0.29) is 0 Å². The Morgan fingerprint density at radius 3 is 2.81 bits per heavy atom. The molecule has 110 valence electrons. The number of ether oxygens (including phenoxy) is 1. The zero-order valence-corrected chi connectivity index (χ0v) is 12.6. The molecule has 3 rings (SSSR count). The summed E-state index contributed by atoms with van der Waals surface area (Å²) >= 11 is 6.25. The van der Waals surface area contributed by atoms with Crippen LogP contribution < -0.4 is 10.5 Å². The Labute approximate surface area is 129 Å². The van der Waals surface area contributed by atoms with Crippen LogP contribution >= 0.6 is 11.6 Å². The van der Waals surface area contributed by atoms with E-state index in [2.05, 4.69) is 9.97 Å². The fraction of sp³-hybridized carbons (Fsp3) is 0.375. The number of aromatic nitrogens is 2. The first-order chi connectivity index (χ1) is 10.3. The third-order valence-corrected chi connectivity index (χ3v) is 4.07.